The van der Waals surface area contributed by atoms with Crippen molar-refractivity contribution in [1.82, 2.24) is 10.2 Å². The number of rotatable bonds is 2. The Labute approximate surface area is 107 Å². The lowest BCUT2D eigenvalue weighted by molar-refractivity contribution is -0.117. The molecule has 3 rings (SSSR count). The fraction of sp³-hybridized carbons (Fsp3) is 0.364. The highest BCUT2D eigenvalue weighted by Gasteiger charge is 2.32. The van der Waals surface area contributed by atoms with Gasteiger partial charge >= 0.3 is 6.01 Å². The number of hydrogen-bond acceptors (Lipinski definition) is 6. The summed E-state index contributed by atoms with van der Waals surface area (Å²) in [5, 5.41) is 9.87. The molecular weight excluding hydrogens is 252 g/mol. The molecule has 1 saturated heterocycles. The van der Waals surface area contributed by atoms with Crippen molar-refractivity contribution in [2.45, 2.75) is 19.4 Å². The minimum absolute atomic E-state index is 0.0689. The summed E-state index contributed by atoms with van der Waals surface area (Å²) in [6, 6.07) is 2.06. The zero-order chi connectivity index (χ0) is 12.7. The zero-order valence-electron chi connectivity index (χ0n) is 9.79. The number of carbonyl (C=O) groups is 1. The van der Waals surface area contributed by atoms with E-state index in [0.717, 1.165) is 10.4 Å². The van der Waals surface area contributed by atoms with Gasteiger partial charge in [0, 0.05) is 19.0 Å². The maximum atomic E-state index is 11.7. The van der Waals surface area contributed by atoms with Crippen LogP contribution in [0.15, 0.2) is 15.9 Å². The molecule has 1 amide bonds. The summed E-state index contributed by atoms with van der Waals surface area (Å²) in [4.78, 5) is 14.1. The molecule has 1 unspecified atom stereocenters. The molecule has 0 spiro atoms. The van der Waals surface area contributed by atoms with E-state index in [0.29, 0.717) is 18.9 Å². The van der Waals surface area contributed by atoms with Crippen molar-refractivity contribution in [1.29, 1.82) is 0 Å². The van der Waals surface area contributed by atoms with E-state index in [9.17, 15) is 4.79 Å². The Hall–Kier alpha value is -1.73. The SMILES string of the molecule is Cc1ccsc1-c1nnc(N2CC(N)CC2=O)o1. The highest BCUT2D eigenvalue weighted by Crippen LogP contribution is 2.30. The summed E-state index contributed by atoms with van der Waals surface area (Å²) in [6.45, 7) is 2.41. The first-order valence-corrected chi connectivity index (χ1v) is 6.47. The van der Waals surface area contributed by atoms with Gasteiger partial charge < -0.3 is 10.2 Å². The van der Waals surface area contributed by atoms with E-state index in [1.165, 1.54) is 16.2 Å². The standard InChI is InChI=1S/C11H12N4O2S/c1-6-2-3-18-9(6)10-13-14-11(17-10)15-5-7(12)4-8(15)16/h2-3,7H,4-5,12H2,1H3. The maximum Gasteiger partial charge on any atom is 0.325 e. The summed E-state index contributed by atoms with van der Waals surface area (Å²) in [5.74, 6) is 0.381. The van der Waals surface area contributed by atoms with Crippen molar-refractivity contribution in [3.8, 4) is 10.8 Å². The van der Waals surface area contributed by atoms with Crippen molar-refractivity contribution in [3.63, 3.8) is 0 Å². The van der Waals surface area contributed by atoms with E-state index >= 15 is 0 Å². The summed E-state index contributed by atoms with van der Waals surface area (Å²) >= 11 is 1.54. The highest BCUT2D eigenvalue weighted by molar-refractivity contribution is 7.13. The number of aryl methyl sites for hydroxylation is 1. The Morgan fingerprint density at radius 1 is 1.56 bits per heavy atom. The average molecular weight is 264 g/mol. The average Bonchev–Trinajstić information content (AvgIpc) is 2.98. The predicted molar refractivity (Wildman–Crippen MR) is 67.3 cm³/mol. The number of nitrogens with two attached hydrogens (primary N) is 1. The fourth-order valence-electron chi connectivity index (χ4n) is 1.93. The van der Waals surface area contributed by atoms with Gasteiger partial charge in [-0.2, -0.15) is 0 Å². The van der Waals surface area contributed by atoms with Gasteiger partial charge in [0.1, 0.15) is 0 Å². The third-order valence-corrected chi connectivity index (χ3v) is 3.86. The van der Waals surface area contributed by atoms with E-state index in [1.807, 2.05) is 18.4 Å². The van der Waals surface area contributed by atoms with E-state index < -0.39 is 0 Å². The molecule has 1 fully saturated rings. The molecule has 2 aromatic rings. The molecule has 2 N–H and O–H groups in total. The fourth-order valence-corrected chi connectivity index (χ4v) is 2.77. The number of anilines is 1. The molecule has 0 aromatic carbocycles. The van der Waals surface area contributed by atoms with E-state index in [1.54, 1.807) is 0 Å². The van der Waals surface area contributed by atoms with Gasteiger partial charge in [0.2, 0.25) is 5.91 Å². The molecule has 0 bridgehead atoms. The number of nitrogens with zero attached hydrogens (tertiary/aromatic N) is 3. The normalized spacial score (nSPS) is 19.8. The van der Waals surface area contributed by atoms with Crippen LogP contribution < -0.4 is 10.6 Å². The quantitative estimate of drug-likeness (QED) is 0.880. The molecule has 1 atom stereocenters. The van der Waals surface area contributed by atoms with Gasteiger partial charge in [0.15, 0.2) is 0 Å². The van der Waals surface area contributed by atoms with Gasteiger partial charge in [-0.1, -0.05) is 5.10 Å². The topological polar surface area (TPSA) is 85.3 Å². The molecule has 18 heavy (non-hydrogen) atoms. The van der Waals surface area contributed by atoms with Gasteiger partial charge in [-0.05, 0) is 23.9 Å². The molecule has 0 radical (unpaired) electrons. The van der Waals surface area contributed by atoms with Crippen LogP contribution in [0.3, 0.4) is 0 Å². The molecular formula is C11H12N4O2S. The van der Waals surface area contributed by atoms with Crippen LogP contribution in [-0.4, -0.2) is 28.7 Å². The Kier molecular flexibility index (Phi) is 2.64. The van der Waals surface area contributed by atoms with Crippen LogP contribution in [0, 0.1) is 6.92 Å². The van der Waals surface area contributed by atoms with Gasteiger partial charge in [-0.15, -0.1) is 16.4 Å². The molecule has 0 aliphatic carbocycles. The molecule has 0 saturated carbocycles. The lowest BCUT2D eigenvalue weighted by Crippen LogP contribution is -2.28. The van der Waals surface area contributed by atoms with Crippen molar-refractivity contribution in [2.24, 2.45) is 5.73 Å². The number of amides is 1. The molecule has 6 nitrogen and oxygen atoms in total. The minimum Gasteiger partial charge on any atom is -0.402 e. The molecule has 7 heteroatoms. The van der Waals surface area contributed by atoms with Crippen LogP contribution in [0.25, 0.3) is 10.8 Å². The number of hydrogen-bond donors (Lipinski definition) is 1. The third kappa shape index (κ3) is 1.81. The number of thiophene rings is 1. The van der Waals surface area contributed by atoms with Crippen molar-refractivity contribution < 1.29 is 9.21 Å². The Morgan fingerprint density at radius 3 is 3.00 bits per heavy atom. The van der Waals surface area contributed by atoms with Crippen LogP contribution in [0.2, 0.25) is 0 Å². The second kappa shape index (κ2) is 4.18. The van der Waals surface area contributed by atoms with Gasteiger partial charge in [0.25, 0.3) is 5.89 Å². The van der Waals surface area contributed by atoms with E-state index in [2.05, 4.69) is 10.2 Å². The first-order valence-electron chi connectivity index (χ1n) is 5.59. The van der Waals surface area contributed by atoms with Gasteiger partial charge in [0.05, 0.1) is 4.88 Å². The van der Waals surface area contributed by atoms with Crippen molar-refractivity contribution in [2.75, 3.05) is 11.4 Å². The molecule has 1 aliphatic rings. The molecule has 94 valence electrons. The Morgan fingerprint density at radius 2 is 2.39 bits per heavy atom. The number of carbonyl (C=O) groups excluding carboxylic acids is 1. The third-order valence-electron chi connectivity index (χ3n) is 2.86. The molecule has 1 aliphatic heterocycles. The van der Waals surface area contributed by atoms with E-state index in [4.69, 9.17) is 10.2 Å². The van der Waals surface area contributed by atoms with Crippen LogP contribution in [0.4, 0.5) is 6.01 Å². The second-order valence-electron chi connectivity index (χ2n) is 4.29. The largest absolute Gasteiger partial charge is 0.402 e. The van der Waals surface area contributed by atoms with Crippen LogP contribution in [0.5, 0.6) is 0 Å². The Bertz CT molecular complexity index is 591. The van der Waals surface area contributed by atoms with Crippen molar-refractivity contribution >= 4 is 23.3 Å². The van der Waals surface area contributed by atoms with Gasteiger partial charge in [-0.25, -0.2) is 0 Å². The summed E-state index contributed by atoms with van der Waals surface area (Å²) in [5.41, 5.74) is 6.81. The predicted octanol–water partition coefficient (Wildman–Crippen LogP) is 1.17. The van der Waals surface area contributed by atoms with Crippen LogP contribution >= 0.6 is 11.3 Å². The second-order valence-corrected chi connectivity index (χ2v) is 5.21. The van der Waals surface area contributed by atoms with Gasteiger partial charge in [-0.3, -0.25) is 9.69 Å². The lowest BCUT2D eigenvalue weighted by Gasteiger charge is -2.08. The summed E-state index contributed by atoms with van der Waals surface area (Å²) in [6.07, 6.45) is 0.329. The number of aromatic nitrogens is 2. The first-order chi connectivity index (χ1) is 8.65. The first kappa shape index (κ1) is 11.4. The zero-order valence-corrected chi connectivity index (χ0v) is 10.6. The highest BCUT2D eigenvalue weighted by atomic mass is 32.1. The van der Waals surface area contributed by atoms with Crippen molar-refractivity contribution in [3.05, 3.63) is 17.0 Å². The lowest BCUT2D eigenvalue weighted by atomic mass is 10.3. The smallest absolute Gasteiger partial charge is 0.325 e. The van der Waals surface area contributed by atoms with Crippen LogP contribution in [-0.2, 0) is 4.79 Å². The monoisotopic (exact) mass is 264 g/mol. The molecule has 2 aromatic heterocycles. The van der Waals surface area contributed by atoms with E-state index in [-0.39, 0.29) is 18.0 Å². The Balaban J connectivity index is 1.91. The van der Waals surface area contributed by atoms with Crippen LogP contribution in [0.1, 0.15) is 12.0 Å². The minimum atomic E-state index is -0.156. The maximum absolute atomic E-state index is 11.7. The summed E-state index contributed by atoms with van der Waals surface area (Å²) < 4.78 is 5.55. The molecule has 3 heterocycles. The summed E-state index contributed by atoms with van der Waals surface area (Å²) in [7, 11) is 0.